The van der Waals surface area contributed by atoms with Gasteiger partial charge >= 0.3 is 6.18 Å². The Morgan fingerprint density at radius 1 is 1.02 bits per heavy atom. The van der Waals surface area contributed by atoms with Crippen LogP contribution in [-0.2, 0) is 27.3 Å². The smallest absolute Gasteiger partial charge is 0.416 e. The van der Waals surface area contributed by atoms with Crippen molar-refractivity contribution in [2.45, 2.75) is 49.5 Å². The molecule has 4 aromatic rings. The number of carbonyl (C=O) groups excluding carboxylic acids is 1. The third kappa shape index (κ3) is 7.65. The second-order valence-corrected chi connectivity index (χ2v) is 14.9. The van der Waals surface area contributed by atoms with Gasteiger partial charge in [-0.2, -0.15) is 13.2 Å². The molecule has 0 bridgehead atoms. The van der Waals surface area contributed by atoms with Gasteiger partial charge in [0.1, 0.15) is 10.6 Å². The zero-order valence-corrected chi connectivity index (χ0v) is 29.1. The van der Waals surface area contributed by atoms with E-state index in [2.05, 4.69) is 15.1 Å². The zero-order chi connectivity index (χ0) is 35.6. The van der Waals surface area contributed by atoms with Crippen LogP contribution in [0.2, 0.25) is 0 Å². The van der Waals surface area contributed by atoms with Crippen LogP contribution < -0.4 is 10.1 Å². The quantitative estimate of drug-likeness (QED) is 0.222. The number of rotatable bonds is 9. The minimum atomic E-state index is -4.64. The van der Waals surface area contributed by atoms with Gasteiger partial charge in [0.05, 0.1) is 48.7 Å². The fourth-order valence-electron chi connectivity index (χ4n) is 7.04. The Labute approximate surface area is 290 Å². The van der Waals surface area contributed by atoms with E-state index in [9.17, 15) is 26.4 Å². The summed E-state index contributed by atoms with van der Waals surface area (Å²) in [7, 11) is -2.66. The summed E-state index contributed by atoms with van der Waals surface area (Å²) in [6.45, 7) is 6.58. The molecule has 266 valence electrons. The van der Waals surface area contributed by atoms with E-state index >= 15 is 0 Å². The zero-order valence-electron chi connectivity index (χ0n) is 28.3. The average Bonchev–Trinajstić information content (AvgIpc) is 3.11. The first kappa shape index (κ1) is 35.8. The Kier molecular flexibility index (Phi) is 10.5. The van der Waals surface area contributed by atoms with E-state index in [0.717, 1.165) is 49.9 Å². The van der Waals surface area contributed by atoms with E-state index in [1.807, 2.05) is 37.3 Å². The number of halogens is 3. The number of carbonyl (C=O) groups is 1. The predicted octanol–water partition coefficient (Wildman–Crippen LogP) is 6.12. The molecule has 1 amide bonds. The molecule has 13 heteroatoms. The highest BCUT2D eigenvalue weighted by molar-refractivity contribution is 7.91. The molecule has 0 radical (unpaired) electrons. The highest BCUT2D eigenvalue weighted by Gasteiger charge is 2.34. The Morgan fingerprint density at radius 2 is 1.72 bits per heavy atom. The predicted molar refractivity (Wildman–Crippen MR) is 185 cm³/mol. The largest absolute Gasteiger partial charge is 0.495 e. The number of methoxy groups -OCH3 is 1. The highest BCUT2D eigenvalue weighted by atomic mass is 32.2. The van der Waals surface area contributed by atoms with Crippen molar-refractivity contribution in [3.05, 3.63) is 89.0 Å². The van der Waals surface area contributed by atoms with Crippen molar-refractivity contribution in [2.75, 3.05) is 52.8 Å². The molecular formula is C37H41F3N4O5S. The third-order valence-electron chi connectivity index (χ3n) is 9.61. The van der Waals surface area contributed by atoms with Crippen LogP contribution in [-0.4, -0.2) is 87.9 Å². The number of piperidine rings is 1. The lowest BCUT2D eigenvalue weighted by molar-refractivity contribution is -0.137. The lowest BCUT2D eigenvalue weighted by atomic mass is 9.93. The van der Waals surface area contributed by atoms with E-state index in [1.165, 1.54) is 25.3 Å². The molecule has 50 heavy (non-hydrogen) atoms. The normalized spacial score (nSPS) is 17.5. The van der Waals surface area contributed by atoms with Crippen LogP contribution in [0.3, 0.4) is 0 Å². The minimum absolute atomic E-state index is 0.0180. The first-order valence-corrected chi connectivity index (χ1v) is 18.6. The highest BCUT2D eigenvalue weighted by Crippen LogP contribution is 2.40. The molecule has 1 atom stereocenters. The molecule has 3 heterocycles. The SMILES string of the molecule is COc1ccc2c(C(=O)N[C@@H](C)c3ccccc3)c(CN3CCC(N4CCOCC4)CC3)c(-c3cccc(C(F)(F)F)c3)nc2c1S(C)(=O)=O. The Balaban J connectivity index is 1.54. The van der Waals surface area contributed by atoms with Crippen LogP contribution in [0, 0.1) is 0 Å². The molecule has 0 unspecified atom stereocenters. The van der Waals surface area contributed by atoms with Gasteiger partial charge < -0.3 is 14.8 Å². The van der Waals surface area contributed by atoms with Gasteiger partial charge in [0.15, 0.2) is 9.84 Å². The summed E-state index contributed by atoms with van der Waals surface area (Å²) < 4.78 is 79.6. The molecule has 2 aliphatic rings. The standard InChI is InChI=1S/C37H41F3N4O5S/c1-24(25-8-5-4-6-9-25)41-36(45)32-29-12-13-31(48-2)35(50(3,46)47)34(29)42-33(26-10-7-11-27(22-26)37(38,39)40)30(32)23-43-16-14-28(15-17-43)44-18-20-49-21-19-44/h4-13,22,24,28H,14-21,23H2,1-3H3,(H,41,45)/t24-/m0/s1. The molecule has 0 aliphatic carbocycles. The van der Waals surface area contributed by atoms with Crippen molar-refractivity contribution in [1.82, 2.24) is 20.1 Å². The fourth-order valence-corrected chi connectivity index (χ4v) is 8.07. The average molecular weight is 711 g/mol. The number of aromatic nitrogens is 1. The number of nitrogens with zero attached hydrogens (tertiary/aromatic N) is 3. The van der Waals surface area contributed by atoms with Crippen LogP contribution in [0.5, 0.6) is 5.75 Å². The molecular weight excluding hydrogens is 669 g/mol. The molecule has 9 nitrogen and oxygen atoms in total. The summed E-state index contributed by atoms with van der Waals surface area (Å²) in [5.74, 6) is -0.478. The van der Waals surface area contributed by atoms with Gasteiger partial charge in [0.25, 0.3) is 5.91 Å². The second-order valence-electron chi connectivity index (χ2n) is 12.9. The maximum Gasteiger partial charge on any atom is 0.416 e. The van der Waals surface area contributed by atoms with Crippen molar-refractivity contribution in [3.63, 3.8) is 0 Å². The molecule has 1 N–H and O–H groups in total. The number of nitrogens with one attached hydrogen (secondary N) is 1. The van der Waals surface area contributed by atoms with Crippen molar-refractivity contribution in [1.29, 1.82) is 0 Å². The summed E-state index contributed by atoms with van der Waals surface area (Å²) in [6, 6.07) is 17.2. The molecule has 0 saturated carbocycles. The molecule has 6 rings (SSSR count). The molecule has 2 saturated heterocycles. The first-order valence-electron chi connectivity index (χ1n) is 16.7. The summed E-state index contributed by atoms with van der Waals surface area (Å²) >= 11 is 0. The molecule has 0 spiro atoms. The summed E-state index contributed by atoms with van der Waals surface area (Å²) in [5.41, 5.74) is 0.722. The number of ether oxygens (including phenoxy) is 2. The maximum absolute atomic E-state index is 14.6. The third-order valence-corrected chi connectivity index (χ3v) is 10.7. The number of amides is 1. The molecule has 2 aliphatic heterocycles. The van der Waals surface area contributed by atoms with Gasteiger partial charge in [-0.1, -0.05) is 42.5 Å². The number of hydrogen-bond acceptors (Lipinski definition) is 8. The Bertz CT molecular complexity index is 1960. The molecule has 3 aromatic carbocycles. The van der Waals surface area contributed by atoms with Crippen LogP contribution in [0.25, 0.3) is 22.2 Å². The van der Waals surface area contributed by atoms with Crippen LogP contribution in [0.15, 0.2) is 71.6 Å². The first-order chi connectivity index (χ1) is 23.8. The van der Waals surface area contributed by atoms with Gasteiger partial charge in [0.2, 0.25) is 0 Å². The number of alkyl halides is 3. The Hall–Kier alpha value is -4.04. The van der Waals surface area contributed by atoms with Gasteiger partial charge in [-0.25, -0.2) is 13.4 Å². The number of fused-ring (bicyclic) bond motifs is 1. The van der Waals surface area contributed by atoms with E-state index < -0.39 is 33.5 Å². The fraction of sp³-hybridized carbons (Fsp3) is 0.405. The summed E-state index contributed by atoms with van der Waals surface area (Å²) in [4.78, 5) is 23.8. The second kappa shape index (κ2) is 14.7. The van der Waals surface area contributed by atoms with Gasteiger partial charge in [0, 0.05) is 48.4 Å². The Morgan fingerprint density at radius 3 is 2.36 bits per heavy atom. The van der Waals surface area contributed by atoms with Crippen molar-refractivity contribution < 1.29 is 35.9 Å². The molecule has 1 aromatic heterocycles. The van der Waals surface area contributed by atoms with Gasteiger partial charge in [-0.05, 0) is 62.7 Å². The van der Waals surface area contributed by atoms with E-state index in [-0.39, 0.29) is 44.9 Å². The summed E-state index contributed by atoms with van der Waals surface area (Å²) in [6.07, 6.45) is -1.87. The summed E-state index contributed by atoms with van der Waals surface area (Å²) in [5, 5.41) is 3.33. The number of pyridine rings is 1. The number of likely N-dealkylation sites (tertiary alicyclic amines) is 1. The number of hydrogen-bond donors (Lipinski definition) is 1. The lowest BCUT2D eigenvalue weighted by Gasteiger charge is -2.40. The number of benzene rings is 3. The van der Waals surface area contributed by atoms with Crippen molar-refractivity contribution in [2.24, 2.45) is 0 Å². The molecule has 2 fully saturated rings. The number of sulfone groups is 1. The van der Waals surface area contributed by atoms with Crippen LogP contribution in [0.4, 0.5) is 13.2 Å². The van der Waals surface area contributed by atoms with Crippen LogP contribution >= 0.6 is 0 Å². The topological polar surface area (TPSA) is 101 Å². The monoisotopic (exact) mass is 710 g/mol. The van der Waals surface area contributed by atoms with Crippen LogP contribution in [0.1, 0.15) is 52.9 Å². The van der Waals surface area contributed by atoms with E-state index in [4.69, 9.17) is 14.5 Å². The maximum atomic E-state index is 14.6. The van der Waals surface area contributed by atoms with Crippen molar-refractivity contribution >= 4 is 26.6 Å². The van der Waals surface area contributed by atoms with E-state index in [1.54, 1.807) is 6.07 Å². The van der Waals surface area contributed by atoms with Gasteiger partial charge in [-0.15, -0.1) is 0 Å². The van der Waals surface area contributed by atoms with Gasteiger partial charge in [-0.3, -0.25) is 14.6 Å². The lowest BCUT2D eigenvalue weighted by Crippen LogP contribution is -2.48. The minimum Gasteiger partial charge on any atom is -0.495 e. The van der Waals surface area contributed by atoms with Crippen molar-refractivity contribution in [3.8, 4) is 17.0 Å². The van der Waals surface area contributed by atoms with E-state index in [0.29, 0.717) is 37.9 Å². The number of morpholine rings is 1.